The molecule has 7 heteroatoms. The lowest BCUT2D eigenvalue weighted by molar-refractivity contribution is -0.140. The Labute approximate surface area is 138 Å². The van der Waals surface area contributed by atoms with Gasteiger partial charge in [-0.3, -0.25) is 9.59 Å². The Hall–Kier alpha value is -2.05. The van der Waals surface area contributed by atoms with Gasteiger partial charge in [0.1, 0.15) is 0 Å². The summed E-state index contributed by atoms with van der Waals surface area (Å²) in [6.07, 6.45) is -2.45. The van der Waals surface area contributed by atoms with Gasteiger partial charge in [-0.15, -0.1) is 0 Å². The number of benzene rings is 1. The van der Waals surface area contributed by atoms with Gasteiger partial charge in [0.05, 0.1) is 17.5 Å². The van der Waals surface area contributed by atoms with Crippen LogP contribution in [0.1, 0.15) is 56.1 Å². The Bertz CT molecular complexity index is 624. The molecule has 1 atom stereocenters. The molecule has 2 N–H and O–H groups in total. The van der Waals surface area contributed by atoms with E-state index in [0.29, 0.717) is 18.4 Å². The molecule has 0 heterocycles. The summed E-state index contributed by atoms with van der Waals surface area (Å²) in [7, 11) is 0. The second kappa shape index (κ2) is 6.83. The van der Waals surface area contributed by atoms with Crippen LogP contribution in [0.2, 0.25) is 0 Å². The molecule has 4 nitrogen and oxygen atoms in total. The van der Waals surface area contributed by atoms with Crippen LogP contribution in [0.4, 0.5) is 13.2 Å². The Morgan fingerprint density at radius 2 is 2.00 bits per heavy atom. The summed E-state index contributed by atoms with van der Waals surface area (Å²) in [5, 5.41) is 11.7. The first kappa shape index (κ1) is 18.3. The van der Waals surface area contributed by atoms with Crippen LogP contribution >= 0.6 is 0 Å². The summed E-state index contributed by atoms with van der Waals surface area (Å²) in [4.78, 5) is 23.1. The van der Waals surface area contributed by atoms with Crippen molar-refractivity contribution >= 4 is 11.9 Å². The van der Waals surface area contributed by atoms with E-state index in [1.165, 1.54) is 6.07 Å². The van der Waals surface area contributed by atoms with E-state index in [4.69, 9.17) is 5.11 Å². The second-order valence-electron chi connectivity index (χ2n) is 6.48. The minimum absolute atomic E-state index is 0.0165. The summed E-state index contributed by atoms with van der Waals surface area (Å²) in [5.41, 5.74) is -1.01. The van der Waals surface area contributed by atoms with Gasteiger partial charge in [0.2, 0.25) is 5.91 Å². The summed E-state index contributed by atoms with van der Waals surface area (Å²) in [5.74, 6) is -1.70. The summed E-state index contributed by atoms with van der Waals surface area (Å²) < 4.78 is 38.3. The summed E-state index contributed by atoms with van der Waals surface area (Å²) >= 11 is 0. The van der Waals surface area contributed by atoms with Crippen LogP contribution in [0.15, 0.2) is 24.3 Å². The number of halogens is 3. The fourth-order valence-corrected chi connectivity index (χ4v) is 3.00. The molecular formula is C17H20F3NO3. The molecule has 1 aromatic carbocycles. The molecule has 1 fully saturated rings. The molecular weight excluding hydrogens is 323 g/mol. The highest BCUT2D eigenvalue weighted by molar-refractivity contribution is 5.79. The number of hydrogen-bond acceptors (Lipinski definition) is 2. The average Bonchev–Trinajstić information content (AvgIpc) is 2.43. The number of carboxylic acids is 1. The number of aliphatic carboxylic acids is 1. The SMILES string of the molecule is CC(CC(=O)NC1(CC(=O)O)CCC1)c1cccc(C(F)(F)F)c1. The monoisotopic (exact) mass is 343 g/mol. The van der Waals surface area contributed by atoms with Crippen LogP contribution in [0.3, 0.4) is 0 Å². The van der Waals surface area contributed by atoms with Crippen molar-refractivity contribution in [2.45, 2.75) is 56.7 Å². The van der Waals surface area contributed by atoms with Crippen LogP contribution in [0.5, 0.6) is 0 Å². The fourth-order valence-electron chi connectivity index (χ4n) is 3.00. The van der Waals surface area contributed by atoms with Crippen molar-refractivity contribution in [1.29, 1.82) is 0 Å². The largest absolute Gasteiger partial charge is 0.481 e. The first-order valence-corrected chi connectivity index (χ1v) is 7.81. The number of carbonyl (C=O) groups excluding carboxylic acids is 1. The zero-order chi connectivity index (χ0) is 18.0. The van der Waals surface area contributed by atoms with E-state index in [1.54, 1.807) is 13.0 Å². The number of amides is 1. The van der Waals surface area contributed by atoms with Crippen LogP contribution in [0.25, 0.3) is 0 Å². The van der Waals surface area contributed by atoms with Crippen molar-refractivity contribution in [1.82, 2.24) is 5.32 Å². The van der Waals surface area contributed by atoms with Gasteiger partial charge in [-0.2, -0.15) is 13.2 Å². The van der Waals surface area contributed by atoms with E-state index < -0.39 is 29.2 Å². The fraction of sp³-hybridized carbons (Fsp3) is 0.529. The predicted molar refractivity (Wildman–Crippen MR) is 81.5 cm³/mol. The molecule has 2 rings (SSSR count). The molecule has 1 aliphatic carbocycles. The minimum Gasteiger partial charge on any atom is -0.481 e. The van der Waals surface area contributed by atoms with Gasteiger partial charge in [-0.1, -0.05) is 25.1 Å². The molecule has 0 aliphatic heterocycles. The summed E-state index contributed by atoms with van der Waals surface area (Å²) in [6.45, 7) is 1.68. The third kappa shape index (κ3) is 4.49. The lowest BCUT2D eigenvalue weighted by atomic mass is 9.74. The highest BCUT2D eigenvalue weighted by atomic mass is 19.4. The quantitative estimate of drug-likeness (QED) is 0.827. The zero-order valence-corrected chi connectivity index (χ0v) is 13.3. The molecule has 1 amide bonds. The Balaban J connectivity index is 2.00. The Kier molecular flexibility index (Phi) is 5.20. The molecule has 0 aromatic heterocycles. The third-order valence-electron chi connectivity index (χ3n) is 4.48. The van der Waals surface area contributed by atoms with Crippen LogP contribution < -0.4 is 5.32 Å². The maximum absolute atomic E-state index is 12.8. The summed E-state index contributed by atoms with van der Waals surface area (Å²) in [6, 6.07) is 4.93. The Morgan fingerprint density at radius 3 is 2.50 bits per heavy atom. The van der Waals surface area contributed by atoms with Crippen LogP contribution in [-0.4, -0.2) is 22.5 Å². The first-order valence-electron chi connectivity index (χ1n) is 7.81. The lowest BCUT2D eigenvalue weighted by Crippen LogP contribution is -2.54. The van der Waals surface area contributed by atoms with E-state index >= 15 is 0 Å². The van der Waals surface area contributed by atoms with Crippen molar-refractivity contribution in [2.24, 2.45) is 0 Å². The highest BCUT2D eigenvalue weighted by Gasteiger charge is 2.40. The van der Waals surface area contributed by atoms with Crippen molar-refractivity contribution in [3.63, 3.8) is 0 Å². The van der Waals surface area contributed by atoms with Gasteiger partial charge in [-0.05, 0) is 36.8 Å². The van der Waals surface area contributed by atoms with E-state index in [9.17, 15) is 22.8 Å². The van der Waals surface area contributed by atoms with E-state index in [-0.39, 0.29) is 18.7 Å². The van der Waals surface area contributed by atoms with Gasteiger partial charge in [0, 0.05) is 6.42 Å². The maximum atomic E-state index is 12.8. The van der Waals surface area contributed by atoms with Crippen LogP contribution in [-0.2, 0) is 15.8 Å². The minimum atomic E-state index is -4.42. The number of rotatable bonds is 6. The van der Waals surface area contributed by atoms with Gasteiger partial charge in [0.15, 0.2) is 0 Å². The van der Waals surface area contributed by atoms with Crippen molar-refractivity contribution in [2.75, 3.05) is 0 Å². The lowest BCUT2D eigenvalue weighted by Gasteiger charge is -2.41. The zero-order valence-electron chi connectivity index (χ0n) is 13.3. The normalized spacial score (nSPS) is 17.7. The van der Waals surface area contributed by atoms with E-state index in [2.05, 4.69) is 5.32 Å². The molecule has 1 saturated carbocycles. The van der Waals surface area contributed by atoms with Crippen LogP contribution in [0, 0.1) is 0 Å². The van der Waals surface area contributed by atoms with Crippen molar-refractivity contribution in [3.8, 4) is 0 Å². The molecule has 0 saturated heterocycles. The molecule has 1 aliphatic rings. The maximum Gasteiger partial charge on any atom is 0.416 e. The molecule has 0 spiro atoms. The third-order valence-corrected chi connectivity index (χ3v) is 4.48. The van der Waals surface area contributed by atoms with Gasteiger partial charge in [0.25, 0.3) is 0 Å². The van der Waals surface area contributed by atoms with E-state index in [0.717, 1.165) is 18.6 Å². The van der Waals surface area contributed by atoms with Crippen molar-refractivity contribution in [3.05, 3.63) is 35.4 Å². The molecule has 1 aromatic rings. The van der Waals surface area contributed by atoms with Gasteiger partial charge in [-0.25, -0.2) is 0 Å². The predicted octanol–water partition coefficient (Wildman–Crippen LogP) is 3.71. The Morgan fingerprint density at radius 1 is 1.33 bits per heavy atom. The second-order valence-corrected chi connectivity index (χ2v) is 6.48. The molecule has 132 valence electrons. The number of nitrogens with one attached hydrogen (secondary N) is 1. The standard InChI is InChI=1S/C17H20F3NO3/c1-11(12-4-2-5-13(9-12)17(18,19)20)8-14(22)21-16(6-3-7-16)10-15(23)24/h2,4-5,9,11H,3,6-8,10H2,1H3,(H,21,22)(H,23,24). The molecule has 0 bridgehead atoms. The highest BCUT2D eigenvalue weighted by Crippen LogP contribution is 2.36. The molecule has 1 unspecified atom stereocenters. The number of carboxylic acid groups (broad SMARTS) is 1. The van der Waals surface area contributed by atoms with Crippen molar-refractivity contribution < 1.29 is 27.9 Å². The molecule has 24 heavy (non-hydrogen) atoms. The van der Waals surface area contributed by atoms with Gasteiger partial charge >= 0.3 is 12.1 Å². The van der Waals surface area contributed by atoms with E-state index in [1.807, 2.05) is 0 Å². The smallest absolute Gasteiger partial charge is 0.416 e. The molecule has 0 radical (unpaired) electrons. The number of hydrogen-bond donors (Lipinski definition) is 2. The average molecular weight is 343 g/mol. The first-order chi connectivity index (χ1) is 11.1. The number of alkyl halides is 3. The van der Waals surface area contributed by atoms with Gasteiger partial charge < -0.3 is 10.4 Å². The number of carbonyl (C=O) groups is 2. The topological polar surface area (TPSA) is 66.4 Å².